The molecule has 0 bridgehead atoms. The Morgan fingerprint density at radius 3 is 2.15 bits per heavy atom. The van der Waals surface area contributed by atoms with Crippen molar-refractivity contribution < 1.29 is 4.79 Å². The molecule has 3 aromatic rings. The minimum Gasteiger partial charge on any atom is -0.341 e. The molecule has 3 aromatic heterocycles. The fourth-order valence-corrected chi connectivity index (χ4v) is 3.74. The molecule has 26 heavy (non-hydrogen) atoms. The average molecular weight is 366 g/mol. The van der Waals surface area contributed by atoms with E-state index < -0.39 is 0 Å². The molecule has 0 aliphatic rings. The zero-order valence-electron chi connectivity index (χ0n) is 15.1. The number of rotatable bonds is 7. The second-order valence-electron chi connectivity index (χ2n) is 6.21. The summed E-state index contributed by atoms with van der Waals surface area (Å²) in [6.07, 6.45) is 9.71. The lowest BCUT2D eigenvalue weighted by Crippen LogP contribution is -2.28. The van der Waals surface area contributed by atoms with Gasteiger partial charge in [0.2, 0.25) is 0 Å². The zero-order chi connectivity index (χ0) is 18.4. The number of pyridine rings is 2. The Hall–Kier alpha value is -2.60. The molecule has 3 heterocycles. The van der Waals surface area contributed by atoms with Crippen LogP contribution in [0.25, 0.3) is 0 Å². The fraction of sp³-hybridized carbons (Fsp3) is 0.300. The third kappa shape index (κ3) is 4.73. The number of carbonyl (C=O) groups is 1. The highest BCUT2D eigenvalue weighted by molar-refractivity contribution is 7.13. The molecule has 0 radical (unpaired) electrons. The molecule has 0 saturated heterocycles. The summed E-state index contributed by atoms with van der Waals surface area (Å²) in [6.45, 7) is 2.59. The first-order valence-corrected chi connectivity index (χ1v) is 9.44. The molecule has 0 aliphatic carbocycles. The minimum absolute atomic E-state index is 0.0456. The third-order valence-corrected chi connectivity index (χ3v) is 5.45. The predicted molar refractivity (Wildman–Crippen MR) is 103 cm³/mol. The number of aryl methyl sites for hydroxylation is 3. The van der Waals surface area contributed by atoms with Gasteiger partial charge in [-0.3, -0.25) is 14.8 Å². The predicted octanol–water partition coefficient (Wildman–Crippen LogP) is 3.34. The molecule has 134 valence electrons. The van der Waals surface area contributed by atoms with Gasteiger partial charge in [0.25, 0.3) is 5.91 Å². The molecule has 0 fully saturated rings. The van der Waals surface area contributed by atoms with Gasteiger partial charge >= 0.3 is 0 Å². The molecule has 0 aliphatic heterocycles. The van der Waals surface area contributed by atoms with Crippen LogP contribution < -0.4 is 0 Å². The Labute approximate surface area is 157 Å². The first kappa shape index (κ1) is 18.2. The largest absolute Gasteiger partial charge is 0.341 e. The van der Waals surface area contributed by atoms with Crippen molar-refractivity contribution >= 4 is 17.2 Å². The van der Waals surface area contributed by atoms with Crippen molar-refractivity contribution in [2.75, 3.05) is 13.6 Å². The summed E-state index contributed by atoms with van der Waals surface area (Å²) in [5.74, 6) is 0.0456. The molecule has 0 N–H and O–H groups in total. The van der Waals surface area contributed by atoms with Crippen LogP contribution in [0.2, 0.25) is 0 Å². The van der Waals surface area contributed by atoms with Gasteiger partial charge in [-0.1, -0.05) is 0 Å². The van der Waals surface area contributed by atoms with E-state index in [1.165, 1.54) is 22.5 Å². The van der Waals surface area contributed by atoms with Crippen molar-refractivity contribution in [3.63, 3.8) is 0 Å². The number of hydrogen-bond acceptors (Lipinski definition) is 5. The van der Waals surface area contributed by atoms with Crippen molar-refractivity contribution in [1.82, 2.24) is 19.9 Å². The van der Waals surface area contributed by atoms with E-state index in [0.717, 1.165) is 34.8 Å². The fourth-order valence-electron chi connectivity index (χ4n) is 2.68. The molecule has 0 spiro atoms. The molecule has 0 unspecified atom stereocenters. The van der Waals surface area contributed by atoms with E-state index in [9.17, 15) is 4.79 Å². The van der Waals surface area contributed by atoms with Crippen LogP contribution in [0.1, 0.15) is 31.5 Å². The van der Waals surface area contributed by atoms with Crippen molar-refractivity contribution in [1.29, 1.82) is 0 Å². The van der Waals surface area contributed by atoms with Gasteiger partial charge in [0.15, 0.2) is 0 Å². The number of hydrogen-bond donors (Lipinski definition) is 0. The van der Waals surface area contributed by atoms with E-state index in [4.69, 9.17) is 0 Å². The SMILES string of the molecule is Cc1nc(CCc2ccncc2)sc1C(=O)N(C)CCc1ccncc1. The maximum absolute atomic E-state index is 12.8. The van der Waals surface area contributed by atoms with Gasteiger partial charge < -0.3 is 4.90 Å². The van der Waals surface area contributed by atoms with Gasteiger partial charge in [-0.15, -0.1) is 11.3 Å². The summed E-state index contributed by atoms with van der Waals surface area (Å²) in [4.78, 5) is 27.9. The van der Waals surface area contributed by atoms with Gasteiger partial charge in [-0.05, 0) is 55.2 Å². The molecule has 0 atom stereocenters. The summed E-state index contributed by atoms with van der Waals surface area (Å²) in [6, 6.07) is 7.99. The maximum Gasteiger partial charge on any atom is 0.265 e. The van der Waals surface area contributed by atoms with Crippen LogP contribution in [0, 0.1) is 6.92 Å². The Morgan fingerprint density at radius 2 is 1.54 bits per heavy atom. The third-order valence-electron chi connectivity index (χ3n) is 4.24. The summed E-state index contributed by atoms with van der Waals surface area (Å²) in [5, 5.41) is 1.00. The highest BCUT2D eigenvalue weighted by Gasteiger charge is 2.18. The monoisotopic (exact) mass is 366 g/mol. The topological polar surface area (TPSA) is 59.0 Å². The zero-order valence-corrected chi connectivity index (χ0v) is 15.9. The number of amides is 1. The van der Waals surface area contributed by atoms with Gasteiger partial charge in [0.1, 0.15) is 4.88 Å². The summed E-state index contributed by atoms with van der Waals surface area (Å²) in [5.41, 5.74) is 3.23. The Morgan fingerprint density at radius 1 is 0.962 bits per heavy atom. The molecular weight excluding hydrogens is 344 g/mol. The summed E-state index contributed by atoms with van der Waals surface area (Å²) in [7, 11) is 1.85. The molecule has 1 amide bonds. The van der Waals surface area contributed by atoms with Crippen molar-refractivity contribution in [2.45, 2.75) is 26.2 Å². The molecule has 0 saturated carbocycles. The maximum atomic E-state index is 12.8. The van der Waals surface area contributed by atoms with Crippen molar-refractivity contribution in [3.8, 4) is 0 Å². The molecule has 0 aromatic carbocycles. The van der Waals surface area contributed by atoms with Crippen LogP contribution in [-0.4, -0.2) is 39.4 Å². The van der Waals surface area contributed by atoms with Gasteiger partial charge in [0, 0.05) is 44.8 Å². The second-order valence-corrected chi connectivity index (χ2v) is 7.29. The minimum atomic E-state index is 0.0456. The molecule has 3 rings (SSSR count). The van der Waals surface area contributed by atoms with Gasteiger partial charge in [-0.2, -0.15) is 0 Å². The Bertz CT molecular complexity index is 849. The number of likely N-dealkylation sites (N-methyl/N-ethyl adjacent to an activating group) is 1. The van der Waals surface area contributed by atoms with E-state index in [1.807, 2.05) is 38.2 Å². The lowest BCUT2D eigenvalue weighted by atomic mass is 10.1. The summed E-state index contributed by atoms with van der Waals surface area (Å²) >= 11 is 1.51. The van der Waals surface area contributed by atoms with E-state index >= 15 is 0 Å². The highest BCUT2D eigenvalue weighted by Crippen LogP contribution is 2.21. The lowest BCUT2D eigenvalue weighted by molar-refractivity contribution is 0.0800. The Kier molecular flexibility index (Phi) is 6.07. The van der Waals surface area contributed by atoms with Crippen LogP contribution >= 0.6 is 11.3 Å². The number of nitrogens with zero attached hydrogens (tertiary/aromatic N) is 4. The van der Waals surface area contributed by atoms with Crippen LogP contribution in [0.4, 0.5) is 0 Å². The van der Waals surface area contributed by atoms with Crippen LogP contribution in [-0.2, 0) is 19.3 Å². The molecule has 6 heteroatoms. The number of carbonyl (C=O) groups excluding carboxylic acids is 1. The van der Waals surface area contributed by atoms with Gasteiger partial charge in [0.05, 0.1) is 10.7 Å². The smallest absolute Gasteiger partial charge is 0.265 e. The lowest BCUT2D eigenvalue weighted by Gasteiger charge is -2.16. The van der Waals surface area contributed by atoms with Crippen LogP contribution in [0.3, 0.4) is 0 Å². The van der Waals surface area contributed by atoms with E-state index in [0.29, 0.717) is 6.54 Å². The number of thiazole rings is 1. The average Bonchev–Trinajstić information content (AvgIpc) is 3.06. The second kappa shape index (κ2) is 8.67. The van der Waals surface area contributed by atoms with E-state index in [2.05, 4.69) is 15.0 Å². The van der Waals surface area contributed by atoms with E-state index in [1.54, 1.807) is 29.7 Å². The van der Waals surface area contributed by atoms with Crippen LogP contribution in [0.5, 0.6) is 0 Å². The Balaban J connectivity index is 1.59. The van der Waals surface area contributed by atoms with Gasteiger partial charge in [-0.25, -0.2) is 4.98 Å². The van der Waals surface area contributed by atoms with Crippen LogP contribution in [0.15, 0.2) is 49.1 Å². The normalized spacial score (nSPS) is 10.7. The number of aromatic nitrogens is 3. The highest BCUT2D eigenvalue weighted by atomic mass is 32.1. The first-order valence-electron chi connectivity index (χ1n) is 8.63. The molecular formula is C20H22N4OS. The van der Waals surface area contributed by atoms with Crippen molar-refractivity contribution in [3.05, 3.63) is 75.8 Å². The quantitative estimate of drug-likeness (QED) is 0.643. The van der Waals surface area contributed by atoms with Crippen molar-refractivity contribution in [2.24, 2.45) is 0 Å². The molecule has 5 nitrogen and oxygen atoms in total. The standard InChI is InChI=1S/C20H22N4OS/c1-15-19(20(25)24(2)14-9-17-7-12-22-13-8-17)26-18(23-15)4-3-16-5-10-21-11-6-16/h5-8,10-13H,3-4,9,14H2,1-2H3. The summed E-state index contributed by atoms with van der Waals surface area (Å²) < 4.78 is 0. The van der Waals surface area contributed by atoms with E-state index in [-0.39, 0.29) is 5.91 Å². The first-order chi connectivity index (χ1) is 12.6.